The van der Waals surface area contributed by atoms with E-state index in [0.29, 0.717) is 19.5 Å². The SMILES string of the molecule is O=C1CCN(CCCCC(F)(F)F)C(=O)C(C2CC2)N1. The molecule has 2 aliphatic rings. The molecule has 0 radical (unpaired) electrons. The predicted octanol–water partition coefficient (Wildman–Crippen LogP) is 1.85. The molecule has 0 aromatic rings. The number of carbonyl (C=O) groups is 2. The first-order valence-electron chi connectivity index (χ1n) is 7.02. The van der Waals surface area contributed by atoms with Gasteiger partial charge in [0.15, 0.2) is 0 Å². The Bertz CT molecular complexity index is 380. The fraction of sp³-hybridized carbons (Fsp3) is 0.846. The highest BCUT2D eigenvalue weighted by Crippen LogP contribution is 2.34. The number of unbranched alkanes of at least 4 members (excludes halogenated alkanes) is 1. The summed E-state index contributed by atoms with van der Waals surface area (Å²) in [5.41, 5.74) is 0. The molecule has 4 nitrogen and oxygen atoms in total. The summed E-state index contributed by atoms with van der Waals surface area (Å²) in [6.45, 7) is 0.604. The summed E-state index contributed by atoms with van der Waals surface area (Å²) in [5, 5.41) is 2.73. The Morgan fingerprint density at radius 1 is 1.20 bits per heavy atom. The highest BCUT2D eigenvalue weighted by molar-refractivity contribution is 5.90. The molecule has 7 heteroatoms. The molecule has 1 saturated heterocycles. The molecule has 1 atom stereocenters. The number of hydrogen-bond donors (Lipinski definition) is 1. The van der Waals surface area contributed by atoms with E-state index in [1.54, 1.807) is 0 Å². The molecule has 2 rings (SSSR count). The van der Waals surface area contributed by atoms with Crippen molar-refractivity contribution in [3.63, 3.8) is 0 Å². The second-order valence-electron chi connectivity index (χ2n) is 5.53. The number of nitrogens with one attached hydrogen (secondary N) is 1. The summed E-state index contributed by atoms with van der Waals surface area (Å²) in [6, 6.07) is -0.465. The normalized spacial score (nSPS) is 24.6. The lowest BCUT2D eigenvalue weighted by Gasteiger charge is -2.24. The average Bonchev–Trinajstić information content (AvgIpc) is 3.16. The van der Waals surface area contributed by atoms with Gasteiger partial charge < -0.3 is 10.2 Å². The minimum Gasteiger partial charge on any atom is -0.344 e. The highest BCUT2D eigenvalue weighted by atomic mass is 19.4. The van der Waals surface area contributed by atoms with Gasteiger partial charge in [0.2, 0.25) is 11.8 Å². The number of rotatable bonds is 5. The number of halogens is 3. The van der Waals surface area contributed by atoms with Crippen LogP contribution in [-0.2, 0) is 9.59 Å². The van der Waals surface area contributed by atoms with Crippen LogP contribution in [0.2, 0.25) is 0 Å². The molecule has 1 aliphatic carbocycles. The summed E-state index contributed by atoms with van der Waals surface area (Å²) in [7, 11) is 0. The third-order valence-electron chi connectivity index (χ3n) is 3.73. The second kappa shape index (κ2) is 6.01. The highest BCUT2D eigenvalue weighted by Gasteiger charge is 2.40. The maximum Gasteiger partial charge on any atom is 0.389 e. The van der Waals surface area contributed by atoms with Crippen LogP contribution in [0.25, 0.3) is 0 Å². The van der Waals surface area contributed by atoms with Crippen molar-refractivity contribution in [1.29, 1.82) is 0 Å². The lowest BCUT2D eigenvalue weighted by atomic mass is 10.1. The van der Waals surface area contributed by atoms with Gasteiger partial charge in [0.05, 0.1) is 0 Å². The molecule has 2 amide bonds. The van der Waals surface area contributed by atoms with E-state index in [0.717, 1.165) is 12.8 Å². The van der Waals surface area contributed by atoms with Crippen molar-refractivity contribution in [2.75, 3.05) is 13.1 Å². The molecule has 2 fully saturated rings. The molecule has 114 valence electrons. The largest absolute Gasteiger partial charge is 0.389 e. The van der Waals surface area contributed by atoms with Gasteiger partial charge in [-0.3, -0.25) is 9.59 Å². The van der Waals surface area contributed by atoms with E-state index in [1.165, 1.54) is 4.90 Å². The number of amides is 2. The van der Waals surface area contributed by atoms with E-state index in [1.807, 2.05) is 0 Å². The van der Waals surface area contributed by atoms with Gasteiger partial charge in [0.1, 0.15) is 6.04 Å². The average molecular weight is 292 g/mol. The van der Waals surface area contributed by atoms with Crippen LogP contribution < -0.4 is 5.32 Å². The van der Waals surface area contributed by atoms with Crippen molar-refractivity contribution in [3.05, 3.63) is 0 Å². The van der Waals surface area contributed by atoms with Gasteiger partial charge in [-0.15, -0.1) is 0 Å². The van der Waals surface area contributed by atoms with Gasteiger partial charge >= 0.3 is 6.18 Å². The Kier molecular flexibility index (Phi) is 4.55. The first kappa shape index (κ1) is 15.1. The van der Waals surface area contributed by atoms with Gasteiger partial charge in [-0.25, -0.2) is 0 Å². The molecule has 1 heterocycles. The zero-order valence-electron chi connectivity index (χ0n) is 11.2. The number of hydrogen-bond acceptors (Lipinski definition) is 2. The summed E-state index contributed by atoms with van der Waals surface area (Å²) in [5.74, 6) is -0.0689. The van der Waals surface area contributed by atoms with Crippen molar-refractivity contribution in [2.24, 2.45) is 5.92 Å². The topological polar surface area (TPSA) is 49.4 Å². The third-order valence-corrected chi connectivity index (χ3v) is 3.73. The van der Waals surface area contributed by atoms with E-state index in [2.05, 4.69) is 5.32 Å². The van der Waals surface area contributed by atoms with Crippen LogP contribution in [0.1, 0.15) is 38.5 Å². The molecule has 1 saturated carbocycles. The van der Waals surface area contributed by atoms with Crippen molar-refractivity contribution in [2.45, 2.75) is 50.7 Å². The fourth-order valence-electron chi connectivity index (χ4n) is 2.45. The molecular formula is C13H19F3N2O2. The van der Waals surface area contributed by atoms with Gasteiger partial charge in [-0.2, -0.15) is 13.2 Å². The lowest BCUT2D eigenvalue weighted by molar-refractivity contribution is -0.137. The molecule has 0 aromatic heterocycles. The van der Waals surface area contributed by atoms with Crippen LogP contribution in [0.15, 0.2) is 0 Å². The van der Waals surface area contributed by atoms with Crippen molar-refractivity contribution >= 4 is 11.8 Å². The van der Waals surface area contributed by atoms with Crippen LogP contribution in [0.4, 0.5) is 13.2 Å². The molecule has 0 spiro atoms. The van der Waals surface area contributed by atoms with Crippen molar-refractivity contribution in [3.8, 4) is 0 Å². The maximum atomic E-state index is 12.3. The molecule has 1 aliphatic heterocycles. The zero-order chi connectivity index (χ0) is 14.8. The summed E-state index contributed by atoms with van der Waals surface area (Å²) in [6.07, 6.45) is -2.54. The van der Waals surface area contributed by atoms with Gasteiger partial charge in [-0.1, -0.05) is 0 Å². The number of nitrogens with zero attached hydrogens (tertiary/aromatic N) is 1. The molecule has 1 unspecified atom stereocenters. The lowest BCUT2D eigenvalue weighted by Crippen LogP contribution is -2.46. The number of alkyl halides is 3. The van der Waals surface area contributed by atoms with Gasteiger partial charge in [0, 0.05) is 25.9 Å². The van der Waals surface area contributed by atoms with Crippen LogP contribution in [0, 0.1) is 5.92 Å². The van der Waals surface area contributed by atoms with Gasteiger partial charge in [-0.05, 0) is 31.6 Å². The minimum absolute atomic E-state index is 0.0166. The minimum atomic E-state index is -4.14. The van der Waals surface area contributed by atoms with E-state index in [4.69, 9.17) is 0 Å². The second-order valence-corrected chi connectivity index (χ2v) is 5.53. The van der Waals surface area contributed by atoms with Crippen LogP contribution in [-0.4, -0.2) is 42.0 Å². The standard InChI is InChI=1S/C13H19F3N2O2/c14-13(15,16)6-1-2-7-18-8-5-10(19)17-11(12(18)20)9-3-4-9/h9,11H,1-8H2,(H,17,19). The third kappa shape index (κ3) is 4.38. The molecule has 0 aromatic carbocycles. The fourth-order valence-corrected chi connectivity index (χ4v) is 2.45. The quantitative estimate of drug-likeness (QED) is 0.786. The Hall–Kier alpha value is -1.27. The summed E-state index contributed by atoms with van der Waals surface area (Å²) < 4.78 is 36.2. The summed E-state index contributed by atoms with van der Waals surface area (Å²) in [4.78, 5) is 25.3. The molecular weight excluding hydrogens is 273 g/mol. The van der Waals surface area contributed by atoms with Crippen LogP contribution >= 0.6 is 0 Å². The summed E-state index contributed by atoms with van der Waals surface area (Å²) >= 11 is 0. The van der Waals surface area contributed by atoms with Crippen molar-refractivity contribution in [1.82, 2.24) is 10.2 Å². The van der Waals surface area contributed by atoms with Crippen LogP contribution in [0.5, 0.6) is 0 Å². The maximum absolute atomic E-state index is 12.3. The first-order chi connectivity index (χ1) is 9.37. The Morgan fingerprint density at radius 3 is 2.50 bits per heavy atom. The van der Waals surface area contributed by atoms with Gasteiger partial charge in [0.25, 0.3) is 0 Å². The van der Waals surface area contributed by atoms with Crippen molar-refractivity contribution < 1.29 is 22.8 Å². The Balaban J connectivity index is 1.83. The molecule has 20 heavy (non-hydrogen) atoms. The number of carbonyl (C=O) groups excluding carboxylic acids is 2. The van der Waals surface area contributed by atoms with E-state index >= 15 is 0 Å². The Morgan fingerprint density at radius 2 is 1.90 bits per heavy atom. The van der Waals surface area contributed by atoms with Crippen LogP contribution in [0.3, 0.4) is 0 Å². The smallest absolute Gasteiger partial charge is 0.344 e. The predicted molar refractivity (Wildman–Crippen MR) is 65.8 cm³/mol. The van der Waals surface area contributed by atoms with E-state index < -0.39 is 18.6 Å². The Labute approximate surface area is 115 Å². The monoisotopic (exact) mass is 292 g/mol. The first-order valence-corrected chi connectivity index (χ1v) is 7.02. The molecule has 0 bridgehead atoms. The molecule has 1 N–H and O–H groups in total. The zero-order valence-corrected chi connectivity index (χ0v) is 11.2. The van der Waals surface area contributed by atoms with E-state index in [-0.39, 0.29) is 30.6 Å². The van der Waals surface area contributed by atoms with E-state index in [9.17, 15) is 22.8 Å².